The molecule has 1 aromatic carbocycles. The van der Waals surface area contributed by atoms with Gasteiger partial charge < -0.3 is 16.0 Å². The van der Waals surface area contributed by atoms with Crippen LogP contribution >= 0.6 is 15.9 Å². The van der Waals surface area contributed by atoms with Crippen molar-refractivity contribution >= 4 is 27.6 Å². The van der Waals surface area contributed by atoms with Gasteiger partial charge in [-0.2, -0.15) is 0 Å². The zero-order valence-electron chi connectivity index (χ0n) is 9.95. The number of amides is 2. The van der Waals surface area contributed by atoms with Crippen molar-refractivity contribution in [2.75, 3.05) is 18.4 Å². The molecule has 3 N–H and O–H groups in total. The lowest BCUT2D eigenvalue weighted by atomic mass is 9.98. The summed E-state index contributed by atoms with van der Waals surface area (Å²) in [5.74, 6) is 0. The number of fused-ring (bicyclic) bond motifs is 1. The molecule has 0 radical (unpaired) electrons. The second-order valence-electron chi connectivity index (χ2n) is 4.07. The maximum absolute atomic E-state index is 11.7. The number of urea groups is 1. The molecule has 0 unspecified atom stereocenters. The van der Waals surface area contributed by atoms with E-state index in [9.17, 15) is 4.79 Å². The molecule has 1 aliphatic heterocycles. The smallest absolute Gasteiger partial charge is 0.315 e. The maximum Gasteiger partial charge on any atom is 0.315 e. The number of benzene rings is 1. The van der Waals surface area contributed by atoms with Gasteiger partial charge in [0.15, 0.2) is 0 Å². The molecule has 4 nitrogen and oxygen atoms in total. The minimum atomic E-state index is -0.137. The number of hydrogen-bond acceptors (Lipinski definition) is 2. The van der Waals surface area contributed by atoms with Crippen molar-refractivity contribution in [1.29, 1.82) is 0 Å². The molecule has 5 heteroatoms. The Hall–Kier alpha value is -1.49. The van der Waals surface area contributed by atoms with Crippen LogP contribution in [0.15, 0.2) is 35.3 Å². The van der Waals surface area contributed by atoms with Crippen LogP contribution in [0.25, 0.3) is 0 Å². The third-order valence-corrected chi connectivity index (χ3v) is 3.23. The third-order valence-electron chi connectivity index (χ3n) is 2.86. The standard InChI is InChI=1S/C13H16BrN3O/c14-7-3-8-16-13(18)17-12-6-9-15-11-5-2-1-4-10(11)12/h1-5,7,12,15H,6,8-9H2,(H2,16,17,18)/b7-3+/t12-/m1/s1. The highest BCUT2D eigenvalue weighted by Gasteiger charge is 2.20. The second-order valence-corrected chi connectivity index (χ2v) is 4.60. The maximum atomic E-state index is 11.7. The summed E-state index contributed by atoms with van der Waals surface area (Å²) in [5, 5.41) is 9.10. The Balaban J connectivity index is 1.96. The van der Waals surface area contributed by atoms with Crippen molar-refractivity contribution in [1.82, 2.24) is 10.6 Å². The summed E-state index contributed by atoms with van der Waals surface area (Å²) in [6, 6.07) is 8.01. The zero-order chi connectivity index (χ0) is 12.8. The van der Waals surface area contributed by atoms with Crippen molar-refractivity contribution < 1.29 is 4.79 Å². The van der Waals surface area contributed by atoms with E-state index in [1.807, 2.05) is 30.3 Å². The number of para-hydroxylation sites is 1. The average molecular weight is 310 g/mol. The largest absolute Gasteiger partial charge is 0.385 e. The highest BCUT2D eigenvalue weighted by Crippen LogP contribution is 2.28. The Morgan fingerprint density at radius 2 is 2.33 bits per heavy atom. The van der Waals surface area contributed by atoms with Crippen LogP contribution in [0.3, 0.4) is 0 Å². The Labute approximate surface area is 115 Å². The summed E-state index contributed by atoms with van der Waals surface area (Å²) in [5.41, 5.74) is 2.25. The van der Waals surface area contributed by atoms with Crippen molar-refractivity contribution in [3.63, 3.8) is 0 Å². The van der Waals surface area contributed by atoms with Crippen molar-refractivity contribution in [3.8, 4) is 0 Å². The van der Waals surface area contributed by atoms with Crippen LogP contribution in [-0.4, -0.2) is 19.1 Å². The molecule has 0 aromatic heterocycles. The van der Waals surface area contributed by atoms with E-state index in [4.69, 9.17) is 0 Å². The molecule has 0 bridgehead atoms. The quantitative estimate of drug-likeness (QED) is 0.804. The van der Waals surface area contributed by atoms with Gasteiger partial charge in [-0.15, -0.1) is 0 Å². The lowest BCUT2D eigenvalue weighted by molar-refractivity contribution is 0.237. The molecule has 1 aromatic rings. The first-order valence-corrected chi connectivity index (χ1v) is 6.85. The molecule has 0 saturated carbocycles. The van der Waals surface area contributed by atoms with E-state index in [2.05, 4.69) is 31.9 Å². The SMILES string of the molecule is O=C(NC/C=C/Br)N[C@@H]1CCNc2ccccc21. The molecule has 2 rings (SSSR count). The zero-order valence-corrected chi connectivity index (χ0v) is 11.5. The lowest BCUT2D eigenvalue weighted by Gasteiger charge is -2.27. The van der Waals surface area contributed by atoms with Gasteiger partial charge in [0.05, 0.1) is 6.04 Å². The fourth-order valence-electron chi connectivity index (χ4n) is 2.02. The first-order chi connectivity index (χ1) is 8.81. The summed E-state index contributed by atoms with van der Waals surface area (Å²) in [4.78, 5) is 13.4. The van der Waals surface area contributed by atoms with Crippen molar-refractivity contribution in [2.24, 2.45) is 0 Å². The number of hydrogen-bond donors (Lipinski definition) is 3. The van der Waals surface area contributed by atoms with Crippen LogP contribution in [0.4, 0.5) is 10.5 Å². The topological polar surface area (TPSA) is 53.2 Å². The summed E-state index contributed by atoms with van der Waals surface area (Å²) in [7, 11) is 0. The molecule has 0 fully saturated rings. The molecular weight excluding hydrogens is 294 g/mol. The van der Waals surface area contributed by atoms with Crippen LogP contribution in [0, 0.1) is 0 Å². The first-order valence-electron chi connectivity index (χ1n) is 5.93. The predicted octanol–water partition coefficient (Wildman–Crippen LogP) is 2.75. The predicted molar refractivity (Wildman–Crippen MR) is 76.9 cm³/mol. The molecule has 0 saturated heterocycles. The third kappa shape index (κ3) is 3.26. The number of halogens is 1. The van der Waals surface area contributed by atoms with Crippen molar-refractivity contribution in [2.45, 2.75) is 12.5 Å². The van der Waals surface area contributed by atoms with Gasteiger partial charge in [0.2, 0.25) is 0 Å². The van der Waals surface area contributed by atoms with Gasteiger partial charge in [0.25, 0.3) is 0 Å². The van der Waals surface area contributed by atoms with Gasteiger partial charge in [0, 0.05) is 18.8 Å². The fraction of sp³-hybridized carbons (Fsp3) is 0.308. The Morgan fingerprint density at radius 1 is 1.50 bits per heavy atom. The number of carbonyl (C=O) groups is 1. The number of anilines is 1. The molecule has 18 heavy (non-hydrogen) atoms. The number of carbonyl (C=O) groups excluding carboxylic acids is 1. The fourth-order valence-corrected chi connectivity index (χ4v) is 2.21. The van der Waals surface area contributed by atoms with Crippen LogP contribution in [0.5, 0.6) is 0 Å². The minimum absolute atomic E-state index is 0.0791. The normalized spacial score (nSPS) is 17.9. The number of nitrogens with one attached hydrogen (secondary N) is 3. The van der Waals surface area contributed by atoms with Crippen molar-refractivity contribution in [3.05, 3.63) is 40.9 Å². The van der Waals surface area contributed by atoms with Gasteiger partial charge in [-0.3, -0.25) is 0 Å². The number of rotatable bonds is 3. The highest BCUT2D eigenvalue weighted by atomic mass is 79.9. The van der Waals surface area contributed by atoms with Gasteiger partial charge in [-0.1, -0.05) is 40.2 Å². The van der Waals surface area contributed by atoms with Crippen LogP contribution in [0.2, 0.25) is 0 Å². The van der Waals surface area contributed by atoms with E-state index in [0.717, 1.165) is 24.2 Å². The van der Waals surface area contributed by atoms with E-state index in [1.165, 1.54) is 0 Å². The Kier molecular flexibility index (Phi) is 4.64. The molecule has 0 spiro atoms. The molecule has 1 aliphatic rings. The highest BCUT2D eigenvalue weighted by molar-refractivity contribution is 9.11. The minimum Gasteiger partial charge on any atom is -0.385 e. The summed E-state index contributed by atoms with van der Waals surface area (Å²) in [6.07, 6.45) is 2.73. The van der Waals surface area contributed by atoms with Crippen LogP contribution in [0.1, 0.15) is 18.0 Å². The van der Waals surface area contributed by atoms with Gasteiger partial charge in [-0.05, 0) is 23.0 Å². The summed E-state index contributed by atoms with van der Waals surface area (Å²) in [6.45, 7) is 1.40. The molecule has 1 atom stereocenters. The molecule has 1 heterocycles. The van der Waals surface area contributed by atoms with E-state index in [-0.39, 0.29) is 12.1 Å². The molecule has 96 valence electrons. The van der Waals surface area contributed by atoms with E-state index in [0.29, 0.717) is 6.54 Å². The van der Waals surface area contributed by atoms with Crippen LogP contribution < -0.4 is 16.0 Å². The Bertz CT molecular complexity index is 448. The van der Waals surface area contributed by atoms with E-state index >= 15 is 0 Å². The average Bonchev–Trinajstić information content (AvgIpc) is 2.39. The monoisotopic (exact) mass is 309 g/mol. The van der Waals surface area contributed by atoms with E-state index in [1.54, 1.807) is 4.99 Å². The first kappa shape index (κ1) is 13.0. The van der Waals surface area contributed by atoms with Gasteiger partial charge >= 0.3 is 6.03 Å². The molecule has 2 amide bonds. The van der Waals surface area contributed by atoms with Gasteiger partial charge in [-0.25, -0.2) is 4.79 Å². The Morgan fingerprint density at radius 3 is 3.17 bits per heavy atom. The van der Waals surface area contributed by atoms with E-state index < -0.39 is 0 Å². The molecule has 0 aliphatic carbocycles. The van der Waals surface area contributed by atoms with Gasteiger partial charge in [0.1, 0.15) is 0 Å². The summed E-state index contributed by atoms with van der Waals surface area (Å²) < 4.78 is 0. The lowest BCUT2D eigenvalue weighted by Crippen LogP contribution is -2.39. The summed E-state index contributed by atoms with van der Waals surface area (Å²) >= 11 is 3.16. The van der Waals surface area contributed by atoms with Crippen LogP contribution in [-0.2, 0) is 0 Å². The second kappa shape index (κ2) is 6.44. The molecular formula is C13H16BrN3O.